The van der Waals surface area contributed by atoms with Gasteiger partial charge in [0.25, 0.3) is 0 Å². The van der Waals surface area contributed by atoms with E-state index in [2.05, 4.69) is 146 Å². The molecule has 3 nitrogen and oxygen atoms in total. The van der Waals surface area contributed by atoms with E-state index in [1.54, 1.807) is 0 Å². The Morgan fingerprint density at radius 1 is 0.736 bits per heavy atom. The molecule has 53 heavy (non-hydrogen) atoms. The van der Waals surface area contributed by atoms with Crippen LogP contribution in [0, 0.1) is 45.8 Å². The molecule has 3 rings (SSSR count). The van der Waals surface area contributed by atoms with Crippen molar-refractivity contribution in [1.82, 2.24) is 0 Å². The fraction of sp³-hybridized carbons (Fsp3) is 0.776. The molecule has 0 aromatic heterocycles. The third kappa shape index (κ3) is 17.3. The smallest absolute Gasteiger partial charge is 0.0824 e. The number of hydrogen-bond donors (Lipinski definition) is 2. The van der Waals surface area contributed by atoms with Crippen molar-refractivity contribution in [1.29, 1.82) is 0 Å². The van der Waals surface area contributed by atoms with Crippen LogP contribution < -0.4 is 0 Å². The summed E-state index contributed by atoms with van der Waals surface area (Å²) in [4.78, 5) is 0. The molecular weight excluding hydrogens is 730 g/mol. The SMILES string of the molecule is CC.CC.CC.CC.CC(C)c1cccc(C(C)C)c1[N]=[Mo]=[CH]C(C)(C)C.CC1=C(C2[C@H](O)C(C(C)(C)C)=C[C@H](C)[C@@H]2C)[C@@H](O)[C@@H](C(C)(C)C)C[C@H]1C. The molecule has 0 amide bonds. The number of allylic oxidation sites excluding steroid dienone is 2. The molecule has 2 aliphatic rings. The average molecular weight is 824 g/mol. The van der Waals surface area contributed by atoms with Gasteiger partial charge >= 0.3 is 127 Å². The van der Waals surface area contributed by atoms with Gasteiger partial charge in [-0.1, -0.05) is 129 Å². The zero-order chi connectivity index (χ0) is 42.8. The Morgan fingerprint density at radius 2 is 1.17 bits per heavy atom. The van der Waals surface area contributed by atoms with Crippen molar-refractivity contribution >= 4 is 10.1 Å². The number of aliphatic hydroxyl groups excluding tert-OH is 2. The van der Waals surface area contributed by atoms with Gasteiger partial charge in [-0.25, -0.2) is 0 Å². The summed E-state index contributed by atoms with van der Waals surface area (Å²) in [6.07, 6.45) is 2.34. The summed E-state index contributed by atoms with van der Waals surface area (Å²) in [7, 11) is 0. The summed E-state index contributed by atoms with van der Waals surface area (Å²) in [5, 5.41) is 22.8. The summed E-state index contributed by atoms with van der Waals surface area (Å²) < 4.78 is 7.42. The van der Waals surface area contributed by atoms with E-state index < -0.39 is 30.1 Å². The predicted molar refractivity (Wildman–Crippen MR) is 238 cm³/mol. The third-order valence-electron chi connectivity index (χ3n) is 10.2. The molecule has 0 radical (unpaired) electrons. The topological polar surface area (TPSA) is 52.8 Å². The van der Waals surface area contributed by atoms with Gasteiger partial charge in [0.1, 0.15) is 0 Å². The monoisotopic (exact) mass is 826 g/mol. The predicted octanol–water partition coefficient (Wildman–Crippen LogP) is 15.4. The Kier molecular flexibility index (Phi) is 27.6. The molecule has 1 aromatic rings. The molecule has 0 saturated carbocycles. The van der Waals surface area contributed by atoms with Crippen LogP contribution in [-0.2, 0) is 17.9 Å². The number of rotatable bonds is 4. The van der Waals surface area contributed by atoms with Crippen molar-refractivity contribution in [2.45, 2.75) is 204 Å². The van der Waals surface area contributed by atoms with E-state index in [0.29, 0.717) is 29.6 Å². The van der Waals surface area contributed by atoms with Gasteiger partial charge in [-0.3, -0.25) is 0 Å². The van der Waals surface area contributed by atoms with Crippen LogP contribution in [0.1, 0.15) is 202 Å². The zero-order valence-electron chi connectivity index (χ0n) is 40.0. The van der Waals surface area contributed by atoms with E-state index in [1.165, 1.54) is 22.4 Å². The van der Waals surface area contributed by atoms with Gasteiger partial charge in [0, 0.05) is 5.92 Å². The molecule has 2 aliphatic carbocycles. The largest absolute Gasteiger partial charge is 0.388 e. The first-order valence-electron chi connectivity index (χ1n) is 21.5. The maximum absolute atomic E-state index is 11.4. The summed E-state index contributed by atoms with van der Waals surface area (Å²) in [5.74, 6) is 2.49. The van der Waals surface area contributed by atoms with Gasteiger partial charge in [0.2, 0.25) is 0 Å². The fourth-order valence-electron chi connectivity index (χ4n) is 7.05. The van der Waals surface area contributed by atoms with Crippen LogP contribution in [0.25, 0.3) is 0 Å². The molecule has 312 valence electrons. The molecule has 1 aromatic carbocycles. The summed E-state index contributed by atoms with van der Waals surface area (Å²) in [6.45, 7) is 54.0. The van der Waals surface area contributed by atoms with Crippen molar-refractivity contribution in [3.05, 3.63) is 52.1 Å². The van der Waals surface area contributed by atoms with E-state index >= 15 is 0 Å². The minimum Gasteiger partial charge on any atom is -0.388 e. The van der Waals surface area contributed by atoms with E-state index in [1.807, 2.05) is 55.4 Å². The molecule has 0 saturated heterocycles. The molecule has 0 spiro atoms. The minimum absolute atomic E-state index is 0.00632. The number of benzene rings is 1. The van der Waals surface area contributed by atoms with E-state index in [-0.39, 0.29) is 28.1 Å². The minimum atomic E-state index is -0.508. The van der Waals surface area contributed by atoms with Crippen molar-refractivity contribution in [3.8, 4) is 0 Å². The summed E-state index contributed by atoms with van der Waals surface area (Å²) >= 11 is -0.415. The van der Waals surface area contributed by atoms with Crippen molar-refractivity contribution < 1.29 is 28.1 Å². The summed E-state index contributed by atoms with van der Waals surface area (Å²) in [6, 6.07) is 6.65. The summed E-state index contributed by atoms with van der Waals surface area (Å²) in [5.41, 5.74) is 7.92. The average Bonchev–Trinajstić information content (AvgIpc) is 3.08. The second kappa shape index (κ2) is 26.0. The molecule has 4 heteroatoms. The van der Waals surface area contributed by atoms with Crippen LogP contribution in [0.3, 0.4) is 0 Å². The Hall–Kier alpha value is -1.02. The number of aliphatic hydroxyl groups is 2. The van der Waals surface area contributed by atoms with Crippen LogP contribution in [0.4, 0.5) is 5.69 Å². The van der Waals surface area contributed by atoms with Gasteiger partial charge in [-0.15, -0.1) is 0 Å². The van der Waals surface area contributed by atoms with E-state index in [9.17, 15) is 10.2 Å². The normalized spacial score (nSPS) is 24.2. The number of nitrogens with zero attached hydrogens (tertiary/aromatic N) is 1. The molecular formula is C49H93MoNO2. The van der Waals surface area contributed by atoms with Gasteiger partial charge in [-0.2, -0.15) is 0 Å². The molecule has 2 N–H and O–H groups in total. The van der Waals surface area contributed by atoms with Crippen molar-refractivity contribution in [2.24, 2.45) is 49.3 Å². The van der Waals surface area contributed by atoms with Gasteiger partial charge in [0.15, 0.2) is 0 Å². The first kappa shape index (κ1) is 56.3. The Labute approximate surface area is 341 Å². The second-order valence-electron chi connectivity index (χ2n) is 18.0. The van der Waals surface area contributed by atoms with Crippen LogP contribution in [0.5, 0.6) is 0 Å². The molecule has 1 unspecified atom stereocenters. The first-order chi connectivity index (χ1) is 24.4. The van der Waals surface area contributed by atoms with Gasteiger partial charge < -0.3 is 10.2 Å². The van der Waals surface area contributed by atoms with Gasteiger partial charge in [-0.05, 0) is 59.0 Å². The maximum atomic E-state index is 11.4. The second-order valence-corrected chi connectivity index (χ2v) is 19.6. The Morgan fingerprint density at radius 3 is 1.53 bits per heavy atom. The fourth-order valence-corrected chi connectivity index (χ4v) is 8.74. The molecule has 0 aliphatic heterocycles. The Balaban J connectivity index is -0.000000819. The zero-order valence-corrected chi connectivity index (χ0v) is 42.0. The first-order valence-corrected chi connectivity index (χ1v) is 23.6. The Bertz CT molecular complexity index is 1250. The molecule has 7 atom stereocenters. The molecule has 0 fully saturated rings. The third-order valence-corrected chi connectivity index (χ3v) is 12.9. The molecule has 0 bridgehead atoms. The van der Waals surface area contributed by atoms with Crippen LogP contribution in [0.2, 0.25) is 0 Å². The standard InChI is InChI=1S/C24H42O2.C12H17N.C5H10.4C2H6.Mo/c1-13-11-17(23(5,6)7)21(25)19(15(13)3)20-16(4)14(2)12-18(22(20)26)24(8,9)10;1-8(2)10-6-5-7-11(9(3)4)12(10)13;1-5(2,3)4;4*1-2;/h11,13-15,18-19,21-22,25-26H,12H2,1-10H3;5-9H,1-4H3;1H,2-4H3;4*1-2H3;/t13-,14+,15-,18-,19?,21+,22-;;;;;;;/m0......./s1. The quantitative estimate of drug-likeness (QED) is 0.235. The molecule has 0 heterocycles. The van der Waals surface area contributed by atoms with Crippen LogP contribution in [0.15, 0.2) is 44.5 Å². The van der Waals surface area contributed by atoms with Crippen molar-refractivity contribution in [3.63, 3.8) is 0 Å². The van der Waals surface area contributed by atoms with Crippen molar-refractivity contribution in [2.75, 3.05) is 0 Å². The number of hydrogen-bond acceptors (Lipinski definition) is 3. The van der Waals surface area contributed by atoms with Crippen LogP contribution >= 0.6 is 0 Å². The van der Waals surface area contributed by atoms with Gasteiger partial charge in [0.05, 0.1) is 12.2 Å². The maximum Gasteiger partial charge on any atom is 0.0824 e. The van der Waals surface area contributed by atoms with E-state index in [0.717, 1.165) is 17.6 Å². The van der Waals surface area contributed by atoms with Crippen LogP contribution in [-0.4, -0.2) is 26.8 Å². The van der Waals surface area contributed by atoms with E-state index in [4.69, 9.17) is 3.50 Å².